The van der Waals surface area contributed by atoms with Gasteiger partial charge in [0.25, 0.3) is 10.1 Å². The molecule has 0 radical (unpaired) electrons. The number of nitriles is 1. The maximum atomic E-state index is 11.5. The second-order valence-electron chi connectivity index (χ2n) is 4.73. The minimum Gasteiger partial charge on any atom is -0.491 e. The van der Waals surface area contributed by atoms with Crippen molar-refractivity contribution >= 4 is 10.1 Å². The standard InChI is InChI=1S/C15H11NO4S/c16-9-10-1-3-11(4-2-10)13-7-12-5-6-20-15(12)14(8-13)21(17,18)19/h1-4,7-8H,5-6H2,(H,17,18,19). The Bertz CT molecular complexity index is 848. The van der Waals surface area contributed by atoms with E-state index in [1.165, 1.54) is 6.07 Å². The van der Waals surface area contributed by atoms with E-state index in [0.717, 1.165) is 11.1 Å². The number of rotatable bonds is 2. The van der Waals surface area contributed by atoms with Gasteiger partial charge in [0.1, 0.15) is 10.6 Å². The SMILES string of the molecule is N#Cc1ccc(-c2cc3c(c(S(=O)(=O)O)c2)OCC3)cc1. The van der Waals surface area contributed by atoms with Gasteiger partial charge in [0, 0.05) is 6.42 Å². The van der Waals surface area contributed by atoms with Gasteiger partial charge in [0.15, 0.2) is 0 Å². The molecule has 0 unspecified atom stereocenters. The maximum Gasteiger partial charge on any atom is 0.298 e. The molecule has 1 heterocycles. The Morgan fingerprint density at radius 2 is 1.86 bits per heavy atom. The molecule has 5 nitrogen and oxygen atoms in total. The van der Waals surface area contributed by atoms with Crippen LogP contribution < -0.4 is 4.74 Å². The van der Waals surface area contributed by atoms with Crippen LogP contribution in [0.1, 0.15) is 11.1 Å². The van der Waals surface area contributed by atoms with Crippen molar-refractivity contribution in [2.24, 2.45) is 0 Å². The van der Waals surface area contributed by atoms with Crippen LogP contribution in [0.15, 0.2) is 41.3 Å². The summed E-state index contributed by atoms with van der Waals surface area (Å²) in [6, 6.07) is 12.1. The van der Waals surface area contributed by atoms with Crippen LogP contribution in [0.25, 0.3) is 11.1 Å². The van der Waals surface area contributed by atoms with Crippen molar-refractivity contribution < 1.29 is 17.7 Å². The highest BCUT2D eigenvalue weighted by Gasteiger charge is 2.25. The minimum atomic E-state index is -4.35. The number of fused-ring (bicyclic) bond motifs is 1. The predicted octanol–water partition coefficient (Wildman–Crippen LogP) is 2.41. The van der Waals surface area contributed by atoms with Crippen molar-refractivity contribution in [3.63, 3.8) is 0 Å². The predicted molar refractivity (Wildman–Crippen MR) is 75.6 cm³/mol. The zero-order valence-corrected chi connectivity index (χ0v) is 11.7. The van der Waals surface area contributed by atoms with Crippen LogP contribution in [0.2, 0.25) is 0 Å². The Labute approximate surface area is 122 Å². The minimum absolute atomic E-state index is 0.211. The lowest BCUT2D eigenvalue weighted by atomic mass is 10.0. The summed E-state index contributed by atoms with van der Waals surface area (Å²) in [5.41, 5.74) is 2.72. The van der Waals surface area contributed by atoms with Gasteiger partial charge in [-0.3, -0.25) is 4.55 Å². The summed E-state index contributed by atoms with van der Waals surface area (Å²) < 4.78 is 37.7. The number of nitrogens with zero attached hydrogens (tertiary/aromatic N) is 1. The molecule has 0 spiro atoms. The highest BCUT2D eigenvalue weighted by atomic mass is 32.2. The monoisotopic (exact) mass is 301 g/mol. The Morgan fingerprint density at radius 1 is 1.14 bits per heavy atom. The molecule has 1 aliphatic rings. The second kappa shape index (κ2) is 4.88. The number of hydrogen-bond acceptors (Lipinski definition) is 4. The van der Waals surface area contributed by atoms with E-state index >= 15 is 0 Å². The van der Waals surface area contributed by atoms with Crippen molar-refractivity contribution in [2.45, 2.75) is 11.3 Å². The van der Waals surface area contributed by atoms with Crippen LogP contribution in [0, 0.1) is 11.3 Å². The highest BCUT2D eigenvalue weighted by Crippen LogP contribution is 2.37. The van der Waals surface area contributed by atoms with E-state index in [1.54, 1.807) is 24.3 Å². The van der Waals surface area contributed by atoms with Crippen molar-refractivity contribution in [1.29, 1.82) is 5.26 Å². The zero-order valence-electron chi connectivity index (χ0n) is 10.9. The number of ether oxygens (including phenoxy) is 1. The fourth-order valence-electron chi connectivity index (χ4n) is 2.37. The number of benzene rings is 2. The summed E-state index contributed by atoms with van der Waals surface area (Å²) in [5, 5.41) is 8.80. The van der Waals surface area contributed by atoms with E-state index in [2.05, 4.69) is 0 Å². The molecule has 0 saturated heterocycles. The molecular formula is C15H11NO4S. The zero-order chi connectivity index (χ0) is 15.0. The van der Waals surface area contributed by atoms with Crippen molar-refractivity contribution in [2.75, 3.05) is 6.61 Å². The molecule has 0 aromatic heterocycles. The van der Waals surface area contributed by atoms with Crippen molar-refractivity contribution in [3.05, 3.63) is 47.5 Å². The molecule has 0 aliphatic carbocycles. The third kappa shape index (κ3) is 2.49. The molecular weight excluding hydrogens is 290 g/mol. The fourth-order valence-corrected chi connectivity index (χ4v) is 3.07. The van der Waals surface area contributed by atoms with Gasteiger partial charge < -0.3 is 4.74 Å². The summed E-state index contributed by atoms with van der Waals surface area (Å²) in [7, 11) is -4.35. The molecule has 106 valence electrons. The van der Waals surface area contributed by atoms with Gasteiger partial charge in [-0.2, -0.15) is 13.7 Å². The Balaban J connectivity index is 2.18. The van der Waals surface area contributed by atoms with Crippen LogP contribution in [-0.4, -0.2) is 19.6 Å². The first-order valence-corrected chi connectivity index (χ1v) is 7.71. The van der Waals surface area contributed by atoms with E-state index in [4.69, 9.17) is 10.00 Å². The summed E-state index contributed by atoms with van der Waals surface area (Å²) in [4.78, 5) is -0.211. The molecule has 0 atom stereocenters. The topological polar surface area (TPSA) is 87.4 Å². The van der Waals surface area contributed by atoms with Crippen molar-refractivity contribution in [3.8, 4) is 22.9 Å². The van der Waals surface area contributed by atoms with Crippen LogP contribution in [0.4, 0.5) is 0 Å². The molecule has 6 heteroatoms. The Morgan fingerprint density at radius 3 is 2.48 bits per heavy atom. The third-order valence-corrected chi connectivity index (χ3v) is 4.23. The Hall–Kier alpha value is -2.36. The molecule has 21 heavy (non-hydrogen) atoms. The lowest BCUT2D eigenvalue weighted by Crippen LogP contribution is -2.01. The average molecular weight is 301 g/mol. The molecule has 1 N–H and O–H groups in total. The van der Waals surface area contributed by atoms with Crippen LogP contribution >= 0.6 is 0 Å². The lowest BCUT2D eigenvalue weighted by Gasteiger charge is -2.09. The Kier molecular flexibility index (Phi) is 3.16. The van der Waals surface area contributed by atoms with Gasteiger partial charge in [0.2, 0.25) is 0 Å². The number of hydrogen-bond donors (Lipinski definition) is 1. The molecule has 2 aromatic carbocycles. The largest absolute Gasteiger partial charge is 0.491 e. The van der Waals surface area contributed by atoms with Gasteiger partial charge >= 0.3 is 0 Å². The maximum absolute atomic E-state index is 11.5. The van der Waals surface area contributed by atoms with Gasteiger partial charge in [-0.15, -0.1) is 0 Å². The van der Waals surface area contributed by atoms with E-state index in [9.17, 15) is 13.0 Å². The molecule has 1 aliphatic heterocycles. The van der Waals surface area contributed by atoms with Crippen LogP contribution in [0.3, 0.4) is 0 Å². The quantitative estimate of drug-likeness (QED) is 0.861. The van der Waals surface area contributed by atoms with E-state index in [0.29, 0.717) is 24.2 Å². The first-order valence-electron chi connectivity index (χ1n) is 6.27. The van der Waals surface area contributed by atoms with E-state index < -0.39 is 10.1 Å². The summed E-state index contributed by atoms with van der Waals surface area (Å²) in [5.74, 6) is 0.231. The van der Waals surface area contributed by atoms with E-state index in [-0.39, 0.29) is 10.6 Å². The van der Waals surface area contributed by atoms with Gasteiger partial charge in [-0.1, -0.05) is 12.1 Å². The van der Waals surface area contributed by atoms with Gasteiger partial charge in [-0.25, -0.2) is 0 Å². The van der Waals surface area contributed by atoms with Gasteiger partial charge in [-0.05, 0) is 41.0 Å². The first kappa shape index (κ1) is 13.6. The summed E-state index contributed by atoms with van der Waals surface area (Å²) >= 11 is 0. The fraction of sp³-hybridized carbons (Fsp3) is 0.133. The third-order valence-electron chi connectivity index (χ3n) is 3.37. The average Bonchev–Trinajstić information content (AvgIpc) is 2.93. The lowest BCUT2D eigenvalue weighted by molar-refractivity contribution is 0.346. The van der Waals surface area contributed by atoms with Crippen LogP contribution in [-0.2, 0) is 16.5 Å². The normalized spacial score (nSPS) is 13.3. The van der Waals surface area contributed by atoms with Gasteiger partial charge in [0.05, 0.1) is 18.2 Å². The molecule has 0 fully saturated rings. The van der Waals surface area contributed by atoms with Crippen molar-refractivity contribution in [1.82, 2.24) is 0 Å². The smallest absolute Gasteiger partial charge is 0.298 e. The van der Waals surface area contributed by atoms with Crippen LogP contribution in [0.5, 0.6) is 5.75 Å². The molecule has 3 rings (SSSR count). The molecule has 2 aromatic rings. The molecule has 0 bridgehead atoms. The first-order chi connectivity index (χ1) is 9.99. The highest BCUT2D eigenvalue weighted by molar-refractivity contribution is 7.86. The molecule has 0 amide bonds. The molecule has 0 saturated carbocycles. The summed E-state index contributed by atoms with van der Waals surface area (Å²) in [6.07, 6.45) is 0.599. The second-order valence-corrected chi connectivity index (χ2v) is 6.12. The summed E-state index contributed by atoms with van der Waals surface area (Å²) in [6.45, 7) is 0.397. The van der Waals surface area contributed by atoms with E-state index in [1.807, 2.05) is 12.1 Å².